The fourth-order valence-corrected chi connectivity index (χ4v) is 14.3. The Morgan fingerprint density at radius 3 is 1.40 bits per heavy atom. The second-order valence-corrected chi connectivity index (χ2v) is 24.2. The van der Waals surface area contributed by atoms with E-state index in [-0.39, 0.29) is 0 Å². The van der Waals surface area contributed by atoms with Crippen molar-refractivity contribution in [3.8, 4) is 0 Å². The smallest absolute Gasteiger partial charge is 0.173 e. The molecule has 0 radical (unpaired) electrons. The van der Waals surface area contributed by atoms with Gasteiger partial charge in [0.1, 0.15) is 5.30 Å². The largest absolute Gasteiger partial charge is 0.378 e. The summed E-state index contributed by atoms with van der Waals surface area (Å²) in [7, 11) is 11.6. The van der Waals surface area contributed by atoms with E-state index < -0.39 is 21.7 Å². The Morgan fingerprint density at radius 1 is 0.533 bits per heavy atom. The van der Waals surface area contributed by atoms with Crippen LogP contribution in [-0.4, -0.2) is 79.1 Å². The first-order valence-electron chi connectivity index (χ1n) is 20.9. The summed E-state index contributed by atoms with van der Waals surface area (Å²) in [4.78, 5) is 4.81. The molecule has 9 rings (SSSR count). The molecule has 5 aromatic rings. The van der Waals surface area contributed by atoms with Crippen LogP contribution in [0.15, 0.2) is 115 Å². The molecule has 3 saturated heterocycles. The van der Waals surface area contributed by atoms with E-state index in [1.54, 1.807) is 0 Å². The van der Waals surface area contributed by atoms with E-state index >= 15 is 0 Å². The second kappa shape index (κ2) is 21.2. The Balaban J connectivity index is 0.000000137. The fourth-order valence-electron chi connectivity index (χ4n) is 8.96. The normalized spacial score (nSPS) is 17.1. The van der Waals surface area contributed by atoms with Crippen LogP contribution in [0.5, 0.6) is 0 Å². The quantitative estimate of drug-likeness (QED) is 0.0958. The second-order valence-electron chi connectivity index (χ2n) is 15.9. The number of rotatable bonds is 6. The van der Waals surface area contributed by atoms with Gasteiger partial charge in [-0.2, -0.15) is 16.0 Å². The first kappa shape index (κ1) is 44.8. The summed E-state index contributed by atoms with van der Waals surface area (Å²) >= 11 is -1.88. The minimum Gasteiger partial charge on any atom is -0.378 e. The topological polar surface area (TPSA) is 31.4 Å². The van der Waals surface area contributed by atoms with Crippen molar-refractivity contribution in [2.45, 2.75) is 41.5 Å². The van der Waals surface area contributed by atoms with Gasteiger partial charge in [-0.05, 0) is 75.9 Å². The molecule has 3 heterocycles. The molecule has 60 heavy (non-hydrogen) atoms. The first-order chi connectivity index (χ1) is 29.1. The SMILES string of the molecule is Cc1cc(C)c(N2[CH-]N(c3c(C)cc(C)cc3C)CC2)c(C)c1.[Cl][Ru]([Cl])=[C]1C=C(c2ccccc2)c2ccccc21.c1ccc([PH+](N2CCOCC2)N2CCOCC2)cc1. The van der Waals surface area contributed by atoms with Crippen LogP contribution < -0.4 is 15.1 Å². The van der Waals surface area contributed by atoms with Crippen molar-refractivity contribution in [2.24, 2.45) is 0 Å². The van der Waals surface area contributed by atoms with Gasteiger partial charge in [0.25, 0.3) is 0 Å². The van der Waals surface area contributed by atoms with E-state index in [4.69, 9.17) is 28.9 Å². The molecule has 0 bridgehead atoms. The number of anilines is 2. The molecule has 1 aliphatic carbocycles. The minimum atomic E-state index is -1.88. The van der Waals surface area contributed by atoms with Gasteiger partial charge in [-0.15, -0.1) is 0 Å². The number of halogens is 2. The maximum absolute atomic E-state index is 6.19. The van der Waals surface area contributed by atoms with Gasteiger partial charge < -0.3 is 19.3 Å². The van der Waals surface area contributed by atoms with Crippen LogP contribution in [0.3, 0.4) is 0 Å². The number of aryl methyl sites for hydroxylation is 6. The monoisotopic (exact) mass is 950 g/mol. The third kappa shape index (κ3) is 10.9. The molecule has 0 atom stereocenters. The maximum Gasteiger partial charge on any atom is 0.173 e. The van der Waals surface area contributed by atoms with Crippen LogP contribution in [0.4, 0.5) is 11.4 Å². The summed E-state index contributed by atoms with van der Waals surface area (Å²) in [6, 6.07) is 38.7. The number of hydrogen-bond donors (Lipinski definition) is 0. The van der Waals surface area contributed by atoms with Gasteiger partial charge >= 0.3 is 120 Å². The van der Waals surface area contributed by atoms with Crippen LogP contribution >= 0.6 is 27.6 Å². The van der Waals surface area contributed by atoms with Crippen molar-refractivity contribution in [1.82, 2.24) is 9.34 Å². The Kier molecular flexibility index (Phi) is 15.9. The van der Waals surface area contributed by atoms with Gasteiger partial charge in [0, 0.05) is 24.5 Å². The molecule has 10 heteroatoms. The number of nitrogens with zero attached hydrogens (tertiary/aromatic N) is 4. The van der Waals surface area contributed by atoms with Crippen LogP contribution in [0.1, 0.15) is 50.1 Å². The minimum absolute atomic E-state index is 0.817. The molecule has 0 aromatic heterocycles. The Morgan fingerprint density at radius 2 is 0.950 bits per heavy atom. The van der Waals surface area contributed by atoms with Gasteiger partial charge in [-0.25, -0.2) is 0 Å². The van der Waals surface area contributed by atoms with Crippen molar-refractivity contribution in [1.29, 1.82) is 0 Å². The van der Waals surface area contributed by atoms with E-state index in [1.165, 1.54) is 72.3 Å². The molecule has 0 spiro atoms. The molecule has 6 nitrogen and oxygen atoms in total. The molecule has 0 N–H and O–H groups in total. The number of allylic oxidation sites excluding steroid dienone is 1. The molecule has 318 valence electrons. The first-order valence-corrected chi connectivity index (χ1v) is 27.7. The van der Waals surface area contributed by atoms with E-state index in [9.17, 15) is 0 Å². The van der Waals surface area contributed by atoms with E-state index in [2.05, 4.69) is 158 Å². The van der Waals surface area contributed by atoms with Gasteiger partial charge in [-0.3, -0.25) is 0 Å². The van der Waals surface area contributed by atoms with Crippen molar-refractivity contribution < 1.29 is 23.0 Å². The van der Waals surface area contributed by atoms with Gasteiger partial charge in [0.15, 0.2) is 8.22 Å². The van der Waals surface area contributed by atoms with Crippen molar-refractivity contribution in [3.05, 3.63) is 172 Å². The fraction of sp³-hybridized carbons (Fsp3) is 0.320. The third-order valence-corrected chi connectivity index (χ3v) is 17.4. The Hall–Kier alpha value is -3.22. The van der Waals surface area contributed by atoms with Crippen molar-refractivity contribution in [2.75, 3.05) is 75.5 Å². The van der Waals surface area contributed by atoms with Crippen LogP contribution in [-0.2, 0) is 23.0 Å². The molecule has 4 aliphatic rings. The predicted octanol–water partition coefficient (Wildman–Crippen LogP) is 10.6. The summed E-state index contributed by atoms with van der Waals surface area (Å²) in [5.74, 6) is 0. The van der Waals surface area contributed by atoms with E-state index in [0.29, 0.717) is 0 Å². The average Bonchev–Trinajstić information content (AvgIpc) is 3.88. The van der Waals surface area contributed by atoms with E-state index in [0.717, 1.165) is 69.8 Å². The van der Waals surface area contributed by atoms with E-state index in [1.807, 2.05) is 24.3 Å². The molecule has 3 aliphatic heterocycles. The standard InChI is InChI=1S/C21H27N2.C15H10.C14H21N2O2P.2ClH.Ru/c1-14-9-16(3)20(17(4)10-14)22-7-8-23(13-22)21-18(5)11-15(2)12-19(21)6;1-2-6-12(7-3-1)15-11-10-13-8-4-5-9-14(13)15;1-2-4-14(5-3-1)19(15-6-10-17-11-7-15)16-8-12-18-13-9-16;;;/h9-13H,7-8H2,1-6H3;1-9,11H;1-5H,6-13H2;2*1H;/q-1;;;;;+2/p-1. The van der Waals surface area contributed by atoms with Crippen molar-refractivity contribution >= 4 is 54.0 Å². The van der Waals surface area contributed by atoms with Gasteiger partial charge in [0.05, 0.1) is 52.6 Å². The van der Waals surface area contributed by atoms with Crippen molar-refractivity contribution in [3.63, 3.8) is 0 Å². The van der Waals surface area contributed by atoms with Crippen LogP contribution in [0.25, 0.3) is 5.57 Å². The number of ether oxygens (including phenoxy) is 2. The summed E-state index contributed by atoms with van der Waals surface area (Å²) in [6.45, 7) is 25.3. The van der Waals surface area contributed by atoms with Gasteiger partial charge in [-0.1, -0.05) is 53.6 Å². The summed E-state index contributed by atoms with van der Waals surface area (Å²) < 4.78 is 17.4. The number of hydrogen-bond acceptors (Lipinski definition) is 6. The zero-order valence-corrected chi connectivity index (χ0v) is 40.1. The Bertz CT molecular complexity index is 2160. The van der Waals surface area contributed by atoms with Gasteiger partial charge in [0.2, 0.25) is 0 Å². The zero-order valence-electron chi connectivity index (χ0n) is 35.8. The zero-order chi connectivity index (χ0) is 42.2. The molecule has 0 saturated carbocycles. The maximum atomic E-state index is 6.19. The summed E-state index contributed by atoms with van der Waals surface area (Å²) in [5.41, 5.74) is 15.7. The number of fused-ring (bicyclic) bond motifs is 1. The third-order valence-electron chi connectivity index (χ3n) is 11.3. The summed E-state index contributed by atoms with van der Waals surface area (Å²) in [6.07, 6.45) is 2.15. The molecule has 5 aromatic carbocycles. The predicted molar refractivity (Wildman–Crippen MR) is 255 cm³/mol. The number of morpholine rings is 2. The Labute approximate surface area is 373 Å². The number of benzene rings is 5. The molecular formula is C50H59Cl2N4O2PRu. The molecule has 3 fully saturated rings. The molecular weight excluding hydrogens is 892 g/mol. The molecule has 0 amide bonds. The van der Waals surface area contributed by atoms with Crippen LogP contribution in [0, 0.1) is 48.2 Å². The average molecular weight is 951 g/mol. The molecule has 0 unspecified atom stereocenters. The van der Waals surface area contributed by atoms with Crippen LogP contribution in [0.2, 0.25) is 0 Å². The summed E-state index contributed by atoms with van der Waals surface area (Å²) in [5, 5.41) is 1.48.